The second-order valence-corrected chi connectivity index (χ2v) is 15.1. The monoisotopic (exact) mass is 699 g/mol. The number of unbranched alkanes of at least 4 members (excludes halogenated alkanes) is 2. The van der Waals surface area contributed by atoms with Gasteiger partial charge in [-0.1, -0.05) is 29.8 Å². The number of amides is 1. The van der Waals surface area contributed by atoms with Crippen LogP contribution in [0.1, 0.15) is 50.2 Å². The Bertz CT molecular complexity index is 1670. The van der Waals surface area contributed by atoms with Crippen molar-refractivity contribution in [1.82, 2.24) is 0 Å². The smallest absolute Gasteiger partial charge is 0.115 e. The van der Waals surface area contributed by atoms with Crippen LogP contribution in [0.5, 0.6) is 5.75 Å². The topological polar surface area (TPSA) is 120 Å². The summed E-state index contributed by atoms with van der Waals surface area (Å²) in [5, 5.41) is 22.1. The molecular formula is C33H34ClN3O5SSe. The summed E-state index contributed by atoms with van der Waals surface area (Å²) in [6.45, 7) is 2.04. The molecule has 0 aromatic heterocycles. The summed E-state index contributed by atoms with van der Waals surface area (Å²) < 4.78 is 36.1. The first kappa shape index (κ1) is 32.1. The van der Waals surface area contributed by atoms with Crippen LogP contribution < -0.4 is 9.62 Å². The Morgan fingerprint density at radius 3 is 2.45 bits per heavy atom. The Labute approximate surface area is 269 Å². The number of phenols is 1. The number of aromatic hydroxyl groups is 1. The number of halogens is 1. The summed E-state index contributed by atoms with van der Waals surface area (Å²) in [6, 6.07) is 21.1. The quantitative estimate of drug-likeness (QED) is 0.156. The molecule has 5 rings (SSSR count). The van der Waals surface area contributed by atoms with Crippen LogP contribution in [0, 0.1) is 10.2 Å². The molecule has 2 aliphatic rings. The van der Waals surface area contributed by atoms with E-state index in [9.17, 15) is 18.3 Å². The van der Waals surface area contributed by atoms with Gasteiger partial charge in [0, 0.05) is 11.6 Å². The maximum atomic E-state index is 14.2. The van der Waals surface area contributed by atoms with Gasteiger partial charge in [0.1, 0.15) is 17.1 Å². The number of nitriles is 1. The molecule has 2 heterocycles. The van der Waals surface area contributed by atoms with Crippen molar-refractivity contribution in [3.63, 3.8) is 0 Å². The number of phenolic OH excluding ortho intramolecular Hbond substituents is 1. The van der Waals surface area contributed by atoms with Crippen LogP contribution >= 0.6 is 11.6 Å². The number of fused-ring (bicyclic) bond motifs is 2. The molecule has 1 fully saturated rings. The van der Waals surface area contributed by atoms with Crippen LogP contribution in [0.15, 0.2) is 72.8 Å². The number of carbonyl (C=O) groups excluding carboxylic acids is 1. The number of rotatable bonds is 13. The van der Waals surface area contributed by atoms with Gasteiger partial charge < -0.3 is 9.84 Å². The number of benzene rings is 3. The van der Waals surface area contributed by atoms with Gasteiger partial charge in [-0.25, -0.2) is 8.42 Å². The van der Waals surface area contributed by atoms with Crippen LogP contribution in [0.4, 0.5) is 11.4 Å². The number of hydrogen-bond donors (Lipinski definition) is 2. The number of carbonyl (C=O) groups is 1. The average molecular weight is 699 g/mol. The standard InChI is InChI=1S/C33H34ClN3O5SSe/c1-2-37(26-8-6-7-24(34)19-26)43(40,41)29-20-28-31(22-12-16-27(38)17-13-22)32(33(29)42-28)23-10-14-25(15-11-23)36-30(39)9-4-3-5-18-44-21-35/h6-8,10-17,19,28-29,33,38H,2-5,9,18,20H2,1H3,(H,36,39). The molecule has 3 unspecified atom stereocenters. The molecule has 3 aromatic carbocycles. The average Bonchev–Trinajstić information content (AvgIpc) is 3.60. The number of nitrogens with zero attached hydrogens (tertiary/aromatic N) is 2. The Morgan fingerprint density at radius 2 is 1.77 bits per heavy atom. The summed E-state index contributed by atoms with van der Waals surface area (Å²) >= 11 is 6.23. The first-order chi connectivity index (χ1) is 21.2. The number of anilines is 2. The van der Waals surface area contributed by atoms with Gasteiger partial charge in [0.2, 0.25) is 10.0 Å². The van der Waals surface area contributed by atoms with Crippen molar-refractivity contribution in [3.05, 3.63) is 88.9 Å². The molecule has 8 nitrogen and oxygen atoms in total. The summed E-state index contributed by atoms with van der Waals surface area (Å²) in [4.78, 5) is 14.7. The Morgan fingerprint density at radius 1 is 1.07 bits per heavy atom. The molecule has 44 heavy (non-hydrogen) atoms. The van der Waals surface area contributed by atoms with Gasteiger partial charge >= 0.3 is 113 Å². The van der Waals surface area contributed by atoms with E-state index >= 15 is 0 Å². The molecule has 11 heteroatoms. The van der Waals surface area contributed by atoms with E-state index in [1.54, 1.807) is 43.3 Å². The van der Waals surface area contributed by atoms with E-state index in [0.29, 0.717) is 29.2 Å². The predicted molar refractivity (Wildman–Crippen MR) is 175 cm³/mol. The van der Waals surface area contributed by atoms with Crippen LogP contribution in [-0.4, -0.2) is 58.4 Å². The van der Waals surface area contributed by atoms with Crippen molar-refractivity contribution in [2.24, 2.45) is 0 Å². The van der Waals surface area contributed by atoms with E-state index in [1.807, 2.05) is 36.4 Å². The van der Waals surface area contributed by atoms with Gasteiger partial charge in [-0.05, 0) is 54.8 Å². The summed E-state index contributed by atoms with van der Waals surface area (Å²) in [5.74, 6) is 0.0752. The molecule has 0 aliphatic carbocycles. The van der Waals surface area contributed by atoms with Crippen molar-refractivity contribution in [2.75, 3.05) is 16.2 Å². The first-order valence-corrected chi connectivity index (χ1v) is 18.5. The fourth-order valence-corrected chi connectivity index (χ4v) is 9.08. The van der Waals surface area contributed by atoms with E-state index in [0.717, 1.165) is 46.9 Å². The zero-order valence-corrected chi connectivity index (χ0v) is 27.6. The summed E-state index contributed by atoms with van der Waals surface area (Å²) in [5.41, 5.74) is 4.53. The molecule has 1 amide bonds. The maximum absolute atomic E-state index is 14.2. The Balaban J connectivity index is 1.40. The zero-order valence-electron chi connectivity index (χ0n) is 24.3. The van der Waals surface area contributed by atoms with Crippen molar-refractivity contribution in [1.29, 1.82) is 5.26 Å². The predicted octanol–water partition coefficient (Wildman–Crippen LogP) is 6.45. The fourth-order valence-electron chi connectivity index (χ4n) is 5.94. The van der Waals surface area contributed by atoms with E-state index in [1.165, 1.54) is 4.31 Å². The summed E-state index contributed by atoms with van der Waals surface area (Å²) in [7, 11) is -3.84. The molecule has 2 bridgehead atoms. The van der Waals surface area contributed by atoms with Crippen LogP contribution in [0.2, 0.25) is 10.3 Å². The molecule has 0 spiro atoms. The maximum Gasteiger partial charge on any atom is 0.115 e. The minimum absolute atomic E-state index is 0.0290. The molecule has 1 saturated heterocycles. The van der Waals surface area contributed by atoms with Crippen molar-refractivity contribution >= 4 is 65.0 Å². The molecule has 230 valence electrons. The molecular weight excluding hydrogens is 665 g/mol. The first-order valence-electron chi connectivity index (χ1n) is 14.6. The van der Waals surface area contributed by atoms with E-state index in [2.05, 4.69) is 10.3 Å². The SMILES string of the molecule is CCN(c1cccc(Cl)c1)S(=O)(=O)C1CC2OC1C(c1ccc(NC(=O)CCCCC[Se]C#N)cc1)=C2c1ccc(O)cc1. The molecule has 2 N–H and O–H groups in total. The van der Waals surface area contributed by atoms with Crippen molar-refractivity contribution in [2.45, 2.75) is 61.8 Å². The minimum Gasteiger partial charge on any atom is -0.508 e. The Kier molecular flexibility index (Phi) is 10.3. The molecule has 2 aliphatic heterocycles. The van der Waals surface area contributed by atoms with Crippen LogP contribution in [0.3, 0.4) is 0 Å². The number of hydrogen-bond acceptors (Lipinski definition) is 6. The van der Waals surface area contributed by atoms with Gasteiger partial charge in [-0.2, -0.15) is 0 Å². The van der Waals surface area contributed by atoms with Gasteiger partial charge in [-0.3, -0.25) is 4.31 Å². The normalized spacial score (nSPS) is 19.2. The van der Waals surface area contributed by atoms with E-state index in [-0.39, 0.29) is 33.2 Å². The molecule has 0 radical (unpaired) electrons. The van der Waals surface area contributed by atoms with Crippen LogP contribution in [0.25, 0.3) is 11.1 Å². The summed E-state index contributed by atoms with van der Waals surface area (Å²) in [6.07, 6.45) is 2.23. The van der Waals surface area contributed by atoms with Gasteiger partial charge in [-0.15, -0.1) is 0 Å². The van der Waals surface area contributed by atoms with Gasteiger partial charge in [0.05, 0.1) is 11.8 Å². The van der Waals surface area contributed by atoms with Crippen molar-refractivity contribution in [3.8, 4) is 10.7 Å². The number of ether oxygens (including phenoxy) is 1. The number of sulfonamides is 1. The van der Waals surface area contributed by atoms with Crippen molar-refractivity contribution < 1.29 is 23.1 Å². The third-order valence-corrected chi connectivity index (χ3v) is 11.8. The molecule has 3 aromatic rings. The molecule has 3 atom stereocenters. The largest absolute Gasteiger partial charge is 0.508 e. The van der Waals surface area contributed by atoms with Gasteiger partial charge in [0.15, 0.2) is 0 Å². The van der Waals surface area contributed by atoms with Gasteiger partial charge in [0.25, 0.3) is 0 Å². The second-order valence-electron chi connectivity index (χ2n) is 10.8. The molecule has 0 saturated carbocycles. The zero-order chi connectivity index (χ0) is 31.3. The Hall–Kier alpha value is -3.32. The third kappa shape index (κ3) is 6.98. The third-order valence-electron chi connectivity index (χ3n) is 7.94. The van der Waals surface area contributed by atoms with Crippen LogP contribution in [-0.2, 0) is 19.6 Å². The second kappa shape index (κ2) is 14.2. The van der Waals surface area contributed by atoms with E-state index < -0.39 is 27.5 Å². The van der Waals surface area contributed by atoms with E-state index in [4.69, 9.17) is 21.6 Å². The fraction of sp³-hybridized carbons (Fsp3) is 0.333. The minimum atomic E-state index is -3.84. The number of nitrogens with one attached hydrogen (secondary N) is 1.